The molecule has 2 amide bonds. The van der Waals surface area contributed by atoms with Crippen LogP contribution in [0.25, 0.3) is 0 Å². The number of nitrogens with two attached hydrogens (primary N) is 1. The van der Waals surface area contributed by atoms with Gasteiger partial charge in [-0.2, -0.15) is 9.36 Å². The second-order valence-electron chi connectivity index (χ2n) is 7.09. The van der Waals surface area contributed by atoms with E-state index in [1.165, 1.54) is 41.8 Å². The summed E-state index contributed by atoms with van der Waals surface area (Å²) >= 11 is 4.71. The van der Waals surface area contributed by atoms with Gasteiger partial charge in [0.2, 0.25) is 17.6 Å². The molecule has 0 saturated carbocycles. The molecule has 1 saturated heterocycles. The third kappa shape index (κ3) is 5.27. The molecule has 2 aliphatic rings. The number of nitrogen functional groups attached to an aromatic ring is 1. The zero-order valence-electron chi connectivity index (χ0n) is 18.1. The van der Waals surface area contributed by atoms with E-state index in [2.05, 4.69) is 30.0 Å². The van der Waals surface area contributed by atoms with Crippen molar-refractivity contribution >= 4 is 81.0 Å². The number of nitrogens with zero attached hydrogens (tertiary/aromatic N) is 6. The number of rotatable bonds is 10. The van der Waals surface area contributed by atoms with Gasteiger partial charge >= 0.3 is 11.9 Å². The fourth-order valence-electron chi connectivity index (χ4n) is 3.07. The number of carboxylic acid groups (broad SMARTS) is 2. The van der Waals surface area contributed by atoms with Crippen LogP contribution in [0.2, 0.25) is 0 Å². The Bertz CT molecular complexity index is 1260. The summed E-state index contributed by atoms with van der Waals surface area (Å²) in [7, 11) is 0. The number of β-lactam (4-membered cyclic amide) rings is 1. The molecule has 4 heterocycles. The summed E-state index contributed by atoms with van der Waals surface area (Å²) in [6.07, 6.45) is -1.38. The van der Waals surface area contributed by atoms with Crippen molar-refractivity contribution in [2.45, 2.75) is 28.8 Å². The molecular formula is C17H16N8O7S4. The second-order valence-corrected chi connectivity index (χ2v) is 11.0. The number of aliphatic carboxylic acids is 2. The van der Waals surface area contributed by atoms with Gasteiger partial charge in [-0.05, 0) is 12.5 Å². The number of thioether (sulfide) groups is 2. The molecule has 190 valence electrons. The molecule has 3 atom stereocenters. The predicted octanol–water partition coefficient (Wildman–Crippen LogP) is -0.303. The Morgan fingerprint density at radius 2 is 2.19 bits per heavy atom. The van der Waals surface area contributed by atoms with Gasteiger partial charge in [0.25, 0.3) is 11.8 Å². The third-order valence-electron chi connectivity index (χ3n) is 4.76. The maximum Gasteiger partial charge on any atom is 0.352 e. The van der Waals surface area contributed by atoms with Crippen LogP contribution in [0, 0.1) is 0 Å². The molecule has 5 N–H and O–H groups in total. The van der Waals surface area contributed by atoms with Crippen molar-refractivity contribution < 1.29 is 34.2 Å². The molecule has 0 radical (unpaired) electrons. The van der Waals surface area contributed by atoms with Crippen LogP contribution in [0.4, 0.5) is 5.13 Å². The van der Waals surface area contributed by atoms with E-state index in [0.29, 0.717) is 21.4 Å². The smallest absolute Gasteiger partial charge is 0.352 e. The molecule has 0 spiro atoms. The first-order valence-electron chi connectivity index (χ1n) is 9.83. The van der Waals surface area contributed by atoms with Gasteiger partial charge in [0.15, 0.2) is 9.47 Å². The monoisotopic (exact) mass is 572 g/mol. The largest absolute Gasteiger partial charge is 0.478 e. The van der Waals surface area contributed by atoms with Gasteiger partial charge in [-0.25, -0.2) is 9.59 Å². The topological polar surface area (TPSA) is 223 Å². The molecule has 36 heavy (non-hydrogen) atoms. The van der Waals surface area contributed by atoms with Gasteiger partial charge in [-0.3, -0.25) is 14.5 Å². The lowest BCUT2D eigenvalue weighted by Crippen LogP contribution is -2.71. The van der Waals surface area contributed by atoms with Gasteiger partial charge in [0, 0.05) is 23.0 Å². The van der Waals surface area contributed by atoms with Crippen LogP contribution in [0.1, 0.15) is 12.7 Å². The van der Waals surface area contributed by atoms with Gasteiger partial charge in [-0.15, -0.1) is 22.0 Å². The lowest BCUT2D eigenvalue weighted by Gasteiger charge is -2.49. The van der Waals surface area contributed by atoms with Crippen LogP contribution in [0.3, 0.4) is 0 Å². The van der Waals surface area contributed by atoms with Crippen molar-refractivity contribution in [2.24, 2.45) is 5.16 Å². The number of carbonyl (C=O) groups excluding carboxylic acids is 2. The number of anilines is 1. The van der Waals surface area contributed by atoms with Crippen LogP contribution in [0.5, 0.6) is 0 Å². The Labute approximate surface area is 218 Å². The standard InChI is InChI=1S/C17H16N8O7S4/c1-5(14(28)29)32-23-7(10-21-16(18)36-24-10)11(26)20-8-12(27)25-9(15(30)31)6(2-33-13(8)25)3-34-17-22-19-4-35-17/h4-5,8,13H,2-3H2,1H3,(H,20,26)(H,28,29)(H,30,31)(H2,18,21,24)/t5?,8?,13-/m0/s1. The van der Waals surface area contributed by atoms with Crippen LogP contribution in [0.15, 0.2) is 26.3 Å². The SMILES string of the molecule is CC(ON=C(C(=O)NC1C(=O)N2C(C(=O)O)=C(CSc3nncs3)CS[C@@H]12)c1nsc(N)n1)C(=O)O. The lowest BCUT2D eigenvalue weighted by molar-refractivity contribution is -0.150. The molecule has 1 fully saturated rings. The second kappa shape index (κ2) is 10.8. The lowest BCUT2D eigenvalue weighted by atomic mass is 10.0. The third-order valence-corrected chi connectivity index (χ3v) is 8.59. The van der Waals surface area contributed by atoms with Gasteiger partial charge in [0.05, 0.1) is 0 Å². The van der Waals surface area contributed by atoms with E-state index in [4.69, 9.17) is 15.7 Å². The highest BCUT2D eigenvalue weighted by molar-refractivity contribution is 8.01. The van der Waals surface area contributed by atoms with Gasteiger partial charge < -0.3 is 26.1 Å². The Balaban J connectivity index is 1.50. The highest BCUT2D eigenvalue weighted by atomic mass is 32.2. The van der Waals surface area contributed by atoms with Gasteiger partial charge in [0.1, 0.15) is 22.6 Å². The van der Waals surface area contributed by atoms with Crippen molar-refractivity contribution in [3.8, 4) is 0 Å². The average molecular weight is 573 g/mol. The summed E-state index contributed by atoms with van der Waals surface area (Å²) in [6.45, 7) is 1.21. The molecule has 2 unspecified atom stereocenters. The van der Waals surface area contributed by atoms with Crippen molar-refractivity contribution in [1.82, 2.24) is 29.8 Å². The number of hydrogen-bond donors (Lipinski definition) is 4. The Morgan fingerprint density at radius 1 is 1.42 bits per heavy atom. The molecule has 19 heteroatoms. The van der Waals surface area contributed by atoms with E-state index in [0.717, 1.165) is 16.4 Å². The number of carboxylic acids is 2. The molecular weight excluding hydrogens is 557 g/mol. The number of fused-ring (bicyclic) bond motifs is 1. The molecule has 2 aromatic rings. The van der Waals surface area contributed by atoms with E-state index in [1.807, 2.05) is 0 Å². The average Bonchev–Trinajstić information content (AvgIpc) is 3.52. The van der Waals surface area contributed by atoms with Crippen LogP contribution < -0.4 is 11.1 Å². The van der Waals surface area contributed by atoms with Crippen molar-refractivity contribution in [2.75, 3.05) is 17.2 Å². The Kier molecular flexibility index (Phi) is 7.71. The molecule has 2 aliphatic heterocycles. The minimum Gasteiger partial charge on any atom is -0.478 e. The van der Waals surface area contributed by atoms with Crippen molar-refractivity contribution in [3.63, 3.8) is 0 Å². The number of hydrogen-bond acceptors (Lipinski definition) is 15. The number of nitrogens with one attached hydrogen (secondary N) is 1. The summed E-state index contributed by atoms with van der Waals surface area (Å²) in [5, 5.41) is 31.9. The first kappa shape index (κ1) is 25.8. The molecule has 0 aliphatic carbocycles. The van der Waals surface area contributed by atoms with E-state index in [9.17, 15) is 24.3 Å². The first-order chi connectivity index (χ1) is 17.2. The van der Waals surface area contributed by atoms with E-state index < -0.39 is 47.0 Å². The maximum absolute atomic E-state index is 13.0. The highest BCUT2D eigenvalue weighted by Crippen LogP contribution is 2.41. The Hall–Kier alpha value is -3.29. The number of oxime groups is 1. The molecule has 0 aromatic carbocycles. The first-order valence-corrected chi connectivity index (χ1v) is 13.5. The van der Waals surface area contributed by atoms with Crippen molar-refractivity contribution in [1.29, 1.82) is 0 Å². The normalized spacial score (nSPS) is 20.4. The summed E-state index contributed by atoms with van der Waals surface area (Å²) in [6, 6.07) is -1.06. The zero-order valence-corrected chi connectivity index (χ0v) is 21.3. The predicted molar refractivity (Wildman–Crippen MR) is 129 cm³/mol. The van der Waals surface area contributed by atoms with Crippen LogP contribution in [-0.2, 0) is 24.0 Å². The molecule has 0 bridgehead atoms. The summed E-state index contributed by atoms with van der Waals surface area (Å²) in [5.74, 6) is -3.70. The quantitative estimate of drug-likeness (QED) is 0.124. The van der Waals surface area contributed by atoms with Gasteiger partial charge in [-0.1, -0.05) is 28.3 Å². The Morgan fingerprint density at radius 3 is 2.81 bits per heavy atom. The minimum absolute atomic E-state index is 0.0284. The number of aromatic nitrogens is 4. The van der Waals surface area contributed by atoms with Crippen LogP contribution >= 0.6 is 46.4 Å². The summed E-state index contributed by atoms with van der Waals surface area (Å²) in [5.41, 5.74) is 7.07. The van der Waals surface area contributed by atoms with E-state index >= 15 is 0 Å². The van der Waals surface area contributed by atoms with E-state index in [1.54, 1.807) is 5.51 Å². The summed E-state index contributed by atoms with van der Waals surface area (Å²) in [4.78, 5) is 58.8. The highest BCUT2D eigenvalue weighted by Gasteiger charge is 2.54. The maximum atomic E-state index is 13.0. The van der Waals surface area contributed by atoms with Crippen LogP contribution in [-0.4, -0.2) is 93.2 Å². The van der Waals surface area contributed by atoms with Crippen molar-refractivity contribution in [3.05, 3.63) is 22.6 Å². The molecule has 4 rings (SSSR count). The number of amides is 2. The zero-order chi connectivity index (χ0) is 26.0. The molecule has 15 nitrogen and oxygen atoms in total. The van der Waals surface area contributed by atoms with E-state index in [-0.39, 0.29) is 16.7 Å². The fourth-order valence-corrected chi connectivity index (χ4v) is 6.48. The summed E-state index contributed by atoms with van der Waals surface area (Å²) < 4.78 is 4.56. The fraction of sp³-hybridized carbons (Fsp3) is 0.353. The minimum atomic E-state index is -1.38. The number of carbonyl (C=O) groups is 4. The molecule has 2 aromatic heterocycles.